The van der Waals surface area contributed by atoms with Crippen LogP contribution >= 0.6 is 0 Å². The van der Waals surface area contributed by atoms with Crippen LogP contribution in [0.25, 0.3) is 0 Å². The summed E-state index contributed by atoms with van der Waals surface area (Å²) < 4.78 is 5.25. The Bertz CT molecular complexity index is 240. The van der Waals surface area contributed by atoms with Gasteiger partial charge in [0, 0.05) is 12.6 Å². The molecular weight excluding hydrogens is 192 g/mol. The van der Waals surface area contributed by atoms with E-state index >= 15 is 0 Å². The van der Waals surface area contributed by atoms with Crippen molar-refractivity contribution in [1.29, 1.82) is 0 Å². The van der Waals surface area contributed by atoms with Gasteiger partial charge in [-0.3, -0.25) is 0 Å². The summed E-state index contributed by atoms with van der Waals surface area (Å²) in [6, 6.07) is 0.738. The van der Waals surface area contributed by atoms with Crippen LogP contribution in [0, 0.1) is 5.92 Å². The van der Waals surface area contributed by atoms with Crippen LogP contribution in [0.5, 0.6) is 0 Å². The highest BCUT2D eigenvalue weighted by Crippen LogP contribution is 2.31. The number of ether oxygens (including phenoxy) is 1. The van der Waals surface area contributed by atoms with E-state index in [0.29, 0.717) is 12.0 Å². The minimum Gasteiger partial charge on any atom is -0.444 e. The van der Waals surface area contributed by atoms with Crippen molar-refractivity contribution in [3.05, 3.63) is 0 Å². The van der Waals surface area contributed by atoms with Crippen LogP contribution in [0.2, 0.25) is 0 Å². The van der Waals surface area contributed by atoms with Crippen LogP contribution in [0.3, 0.4) is 0 Å². The van der Waals surface area contributed by atoms with Gasteiger partial charge in [0.25, 0.3) is 0 Å². The molecule has 15 heavy (non-hydrogen) atoms. The first-order valence-corrected chi connectivity index (χ1v) is 5.68. The van der Waals surface area contributed by atoms with Gasteiger partial charge < -0.3 is 15.4 Å². The zero-order chi connectivity index (χ0) is 11.1. The number of alkyl carbamates (subject to hydrolysis) is 1. The Labute approximate surface area is 90.8 Å². The Hall–Kier alpha value is -0.770. The van der Waals surface area contributed by atoms with Crippen molar-refractivity contribution in [2.45, 2.75) is 51.3 Å². The van der Waals surface area contributed by atoms with Gasteiger partial charge in [-0.2, -0.15) is 0 Å². The van der Waals surface area contributed by atoms with E-state index in [1.165, 1.54) is 12.8 Å². The summed E-state index contributed by atoms with van der Waals surface area (Å²) in [7, 11) is 0. The van der Waals surface area contributed by atoms with Gasteiger partial charge in [0.2, 0.25) is 0 Å². The van der Waals surface area contributed by atoms with Crippen molar-refractivity contribution < 1.29 is 9.53 Å². The molecule has 0 spiro atoms. The molecule has 2 rings (SSSR count). The first-order valence-electron chi connectivity index (χ1n) is 5.68. The molecule has 2 aliphatic rings. The number of carbonyl (C=O) groups excluding carboxylic acids is 1. The maximum Gasteiger partial charge on any atom is 0.407 e. The maximum atomic E-state index is 11.6. The lowest BCUT2D eigenvalue weighted by Crippen LogP contribution is -2.44. The summed E-state index contributed by atoms with van der Waals surface area (Å²) in [5.41, 5.74) is -0.408. The highest BCUT2D eigenvalue weighted by Gasteiger charge is 2.42. The monoisotopic (exact) mass is 212 g/mol. The highest BCUT2D eigenvalue weighted by atomic mass is 16.6. The Balaban J connectivity index is 1.85. The molecule has 0 radical (unpaired) electrons. The van der Waals surface area contributed by atoms with Crippen molar-refractivity contribution >= 4 is 6.09 Å². The van der Waals surface area contributed by atoms with Gasteiger partial charge in [-0.15, -0.1) is 0 Å². The minimum atomic E-state index is -0.408. The molecule has 1 heterocycles. The average molecular weight is 212 g/mol. The average Bonchev–Trinajstić information content (AvgIpc) is 2.61. The summed E-state index contributed by atoms with van der Waals surface area (Å²) in [6.45, 7) is 6.68. The van der Waals surface area contributed by atoms with Crippen LogP contribution in [0.1, 0.15) is 33.6 Å². The largest absolute Gasteiger partial charge is 0.444 e. The fraction of sp³-hybridized carbons (Fsp3) is 0.909. The Morgan fingerprint density at radius 1 is 1.40 bits per heavy atom. The molecule has 2 fully saturated rings. The van der Waals surface area contributed by atoms with E-state index in [0.717, 1.165) is 6.54 Å². The summed E-state index contributed by atoms with van der Waals surface area (Å²) in [4.78, 5) is 11.6. The second-order valence-corrected chi connectivity index (χ2v) is 5.52. The van der Waals surface area contributed by atoms with Gasteiger partial charge in [-0.05, 0) is 39.5 Å². The lowest BCUT2D eigenvalue weighted by atomic mass is 10.1. The molecule has 4 heteroatoms. The Morgan fingerprint density at radius 3 is 2.53 bits per heavy atom. The van der Waals surface area contributed by atoms with Crippen LogP contribution < -0.4 is 10.6 Å². The summed E-state index contributed by atoms with van der Waals surface area (Å²) in [5.74, 6) is 0.600. The molecule has 2 bridgehead atoms. The second kappa shape index (κ2) is 3.67. The molecule has 1 amide bonds. The fourth-order valence-corrected chi connectivity index (χ4v) is 2.50. The standard InChI is InChI=1S/C11H20N2O2/c1-11(2,3)15-10(14)13-9-7-4-5-8(9)12-6-7/h7-9,12H,4-6H2,1-3H3,(H,13,14)/t7-,8+,9-/m0/s1. The molecule has 0 aromatic heterocycles. The van der Waals surface area contributed by atoms with Gasteiger partial charge >= 0.3 is 6.09 Å². The summed E-state index contributed by atoms with van der Waals surface area (Å²) in [6.07, 6.45) is 2.11. The molecule has 0 aromatic carbocycles. The number of hydrogen-bond acceptors (Lipinski definition) is 3. The van der Waals surface area contributed by atoms with Crippen molar-refractivity contribution in [2.24, 2.45) is 5.92 Å². The molecule has 1 saturated carbocycles. The van der Waals surface area contributed by atoms with Crippen molar-refractivity contribution in [3.8, 4) is 0 Å². The lowest BCUT2D eigenvalue weighted by molar-refractivity contribution is 0.0497. The third kappa shape index (κ3) is 2.43. The third-order valence-electron chi connectivity index (χ3n) is 3.12. The maximum absolute atomic E-state index is 11.6. The molecule has 3 atom stereocenters. The van der Waals surface area contributed by atoms with Crippen LogP contribution in [0.15, 0.2) is 0 Å². The number of hydrogen-bond donors (Lipinski definition) is 2. The normalized spacial score (nSPS) is 34.2. The topological polar surface area (TPSA) is 50.4 Å². The molecule has 2 N–H and O–H groups in total. The van der Waals surface area contributed by atoms with E-state index in [1.54, 1.807) is 0 Å². The van der Waals surface area contributed by atoms with Gasteiger partial charge in [0.1, 0.15) is 5.60 Å². The van der Waals surface area contributed by atoms with Crippen molar-refractivity contribution in [2.75, 3.05) is 6.54 Å². The van der Waals surface area contributed by atoms with Gasteiger partial charge in [0.05, 0.1) is 6.04 Å². The first kappa shape index (κ1) is 10.7. The minimum absolute atomic E-state index is 0.278. The van der Waals surface area contributed by atoms with E-state index in [9.17, 15) is 4.79 Å². The predicted octanol–water partition coefficient (Wildman–Crippen LogP) is 1.26. The summed E-state index contributed by atoms with van der Waals surface area (Å²) in [5, 5.41) is 6.38. The molecule has 4 nitrogen and oxygen atoms in total. The zero-order valence-electron chi connectivity index (χ0n) is 9.67. The number of piperidine rings is 1. The van der Waals surface area contributed by atoms with E-state index in [4.69, 9.17) is 4.74 Å². The quantitative estimate of drug-likeness (QED) is 0.688. The van der Waals surface area contributed by atoms with E-state index in [-0.39, 0.29) is 12.1 Å². The van der Waals surface area contributed by atoms with E-state index < -0.39 is 5.60 Å². The number of amides is 1. The fourth-order valence-electron chi connectivity index (χ4n) is 2.50. The SMILES string of the molecule is CC(C)(C)OC(=O)N[C@H]1[C@H]2CC[C@H]1NC2. The Kier molecular flexibility index (Phi) is 2.63. The molecule has 0 aromatic rings. The molecule has 86 valence electrons. The van der Waals surface area contributed by atoms with Gasteiger partial charge in [-0.1, -0.05) is 0 Å². The van der Waals surface area contributed by atoms with Crippen LogP contribution in [0.4, 0.5) is 4.79 Å². The molecule has 0 unspecified atom stereocenters. The first-order chi connectivity index (χ1) is 6.96. The van der Waals surface area contributed by atoms with Crippen molar-refractivity contribution in [3.63, 3.8) is 0 Å². The number of fused-ring (bicyclic) bond motifs is 2. The van der Waals surface area contributed by atoms with Crippen LogP contribution in [-0.4, -0.2) is 30.3 Å². The van der Waals surface area contributed by atoms with E-state index in [1.807, 2.05) is 20.8 Å². The summed E-state index contributed by atoms with van der Waals surface area (Å²) >= 11 is 0. The van der Waals surface area contributed by atoms with E-state index in [2.05, 4.69) is 10.6 Å². The van der Waals surface area contributed by atoms with Crippen LogP contribution in [-0.2, 0) is 4.74 Å². The lowest BCUT2D eigenvalue weighted by Gasteiger charge is -2.23. The molecule has 1 aliphatic carbocycles. The molecule has 1 aliphatic heterocycles. The Morgan fingerprint density at radius 2 is 2.13 bits per heavy atom. The van der Waals surface area contributed by atoms with Crippen molar-refractivity contribution in [1.82, 2.24) is 10.6 Å². The van der Waals surface area contributed by atoms with Gasteiger partial charge in [0.15, 0.2) is 0 Å². The smallest absolute Gasteiger partial charge is 0.407 e. The van der Waals surface area contributed by atoms with Gasteiger partial charge in [-0.25, -0.2) is 4.79 Å². The second-order valence-electron chi connectivity index (χ2n) is 5.52. The number of rotatable bonds is 1. The third-order valence-corrected chi connectivity index (χ3v) is 3.12. The number of nitrogens with one attached hydrogen (secondary N) is 2. The molecule has 1 saturated heterocycles. The highest BCUT2D eigenvalue weighted by molar-refractivity contribution is 5.68. The molecular formula is C11H20N2O2. The predicted molar refractivity (Wildman–Crippen MR) is 57.7 cm³/mol. The zero-order valence-corrected chi connectivity index (χ0v) is 9.67. The number of carbonyl (C=O) groups is 1.